The van der Waals surface area contributed by atoms with Gasteiger partial charge in [-0.15, -0.1) is 0 Å². The summed E-state index contributed by atoms with van der Waals surface area (Å²) in [5, 5.41) is 2.53. The monoisotopic (exact) mass is 466 g/mol. The fourth-order valence-electron chi connectivity index (χ4n) is 5.81. The molecule has 4 amide bonds. The predicted molar refractivity (Wildman–Crippen MR) is 133 cm³/mol. The zero-order chi connectivity index (χ0) is 24.0. The molecule has 3 aliphatic heterocycles. The molecule has 3 aromatic carbocycles. The lowest BCUT2D eigenvalue weighted by Crippen LogP contribution is -2.75. The number of barbiturate groups is 1. The lowest BCUT2D eigenvalue weighted by Gasteiger charge is -2.55. The summed E-state index contributed by atoms with van der Waals surface area (Å²) >= 11 is 0. The van der Waals surface area contributed by atoms with Gasteiger partial charge in [-0.05, 0) is 35.7 Å². The second-order valence-corrected chi connectivity index (χ2v) is 9.44. The highest BCUT2D eigenvalue weighted by Gasteiger charge is 2.63. The first kappa shape index (κ1) is 21.6. The number of piperazine rings is 1. The predicted octanol–water partition coefficient (Wildman–Crippen LogP) is 3.20. The van der Waals surface area contributed by atoms with Crippen molar-refractivity contribution in [3.63, 3.8) is 0 Å². The van der Waals surface area contributed by atoms with Gasteiger partial charge in [-0.3, -0.25) is 19.8 Å². The number of amides is 4. The number of fused-ring (bicyclic) bond motifs is 4. The first-order chi connectivity index (χ1) is 17.1. The summed E-state index contributed by atoms with van der Waals surface area (Å²) in [7, 11) is 0. The third kappa shape index (κ3) is 3.42. The number of hydrogen-bond acceptors (Lipinski definition) is 5. The molecule has 0 saturated carbocycles. The van der Waals surface area contributed by atoms with E-state index in [1.54, 1.807) is 24.3 Å². The Hall–Kier alpha value is -3.97. The van der Waals surface area contributed by atoms with E-state index < -0.39 is 29.3 Å². The van der Waals surface area contributed by atoms with E-state index in [0.29, 0.717) is 18.8 Å². The minimum atomic E-state index is -1.41. The van der Waals surface area contributed by atoms with Crippen molar-refractivity contribution >= 4 is 29.2 Å². The second kappa shape index (κ2) is 8.36. The maximum Gasteiger partial charge on any atom is 0.335 e. The van der Waals surface area contributed by atoms with Gasteiger partial charge in [0.05, 0.1) is 11.7 Å². The quantitative estimate of drug-likeness (QED) is 0.601. The van der Waals surface area contributed by atoms with Crippen LogP contribution in [0.25, 0.3) is 0 Å². The highest BCUT2D eigenvalue weighted by atomic mass is 16.2. The van der Waals surface area contributed by atoms with Gasteiger partial charge in [0.25, 0.3) is 5.91 Å². The number of imide groups is 2. The summed E-state index contributed by atoms with van der Waals surface area (Å²) in [6, 6.07) is 25.9. The van der Waals surface area contributed by atoms with Crippen LogP contribution in [-0.4, -0.2) is 48.4 Å². The number of nitrogens with one attached hydrogen (secondary N) is 1. The summed E-state index contributed by atoms with van der Waals surface area (Å²) in [6.07, 6.45) is 0.255. The maximum absolute atomic E-state index is 14.3. The number of carbonyl (C=O) groups is 3. The highest BCUT2D eigenvalue weighted by molar-refractivity contribution is 6.30. The van der Waals surface area contributed by atoms with Crippen LogP contribution in [-0.2, 0) is 22.6 Å². The van der Waals surface area contributed by atoms with Crippen molar-refractivity contribution < 1.29 is 14.4 Å². The van der Waals surface area contributed by atoms with Crippen molar-refractivity contribution in [3.05, 3.63) is 96.1 Å². The summed E-state index contributed by atoms with van der Waals surface area (Å²) < 4.78 is 0. The standard InChI is InChI=1S/C28H26N4O3/c33-25-28(26(34)32(27(35)29-25)22-12-5-2-6-13-22)17-21-11-7-8-14-23(21)31-16-15-30(19-24(28)31)18-20-9-3-1-4-10-20/h1-14,24H,15-19H2,(H,29,33,35)/t24-,28+/m0/s1. The zero-order valence-electron chi connectivity index (χ0n) is 19.3. The Morgan fingerprint density at radius 2 is 1.51 bits per heavy atom. The minimum Gasteiger partial charge on any atom is -0.364 e. The highest BCUT2D eigenvalue weighted by Crippen LogP contribution is 2.46. The Morgan fingerprint density at radius 3 is 2.29 bits per heavy atom. The summed E-state index contributed by atoms with van der Waals surface area (Å²) in [4.78, 5) is 46.5. The number of nitrogens with zero attached hydrogens (tertiary/aromatic N) is 3. The van der Waals surface area contributed by atoms with Gasteiger partial charge in [-0.2, -0.15) is 0 Å². The van der Waals surface area contributed by atoms with E-state index in [4.69, 9.17) is 0 Å². The Bertz CT molecular complexity index is 1300. The Balaban J connectivity index is 1.44. The van der Waals surface area contributed by atoms with Crippen LogP contribution >= 0.6 is 0 Å². The molecule has 7 nitrogen and oxygen atoms in total. The largest absolute Gasteiger partial charge is 0.364 e. The molecule has 0 unspecified atom stereocenters. The van der Waals surface area contributed by atoms with E-state index in [1.165, 1.54) is 5.56 Å². The van der Waals surface area contributed by atoms with Crippen LogP contribution in [0.3, 0.4) is 0 Å². The number of rotatable bonds is 3. The van der Waals surface area contributed by atoms with Gasteiger partial charge in [0, 0.05) is 31.9 Å². The number of urea groups is 1. The van der Waals surface area contributed by atoms with Crippen LogP contribution in [0.15, 0.2) is 84.9 Å². The lowest BCUT2D eigenvalue weighted by molar-refractivity contribution is -0.145. The van der Waals surface area contributed by atoms with Crippen LogP contribution in [0.4, 0.5) is 16.2 Å². The maximum atomic E-state index is 14.3. The Kier molecular flexibility index (Phi) is 5.15. The molecule has 1 N–H and O–H groups in total. The first-order valence-corrected chi connectivity index (χ1v) is 11.9. The molecule has 2 saturated heterocycles. The van der Waals surface area contributed by atoms with Crippen LogP contribution in [0.1, 0.15) is 11.1 Å². The minimum absolute atomic E-state index is 0.255. The molecule has 0 radical (unpaired) electrons. The van der Waals surface area contributed by atoms with Crippen molar-refractivity contribution in [2.45, 2.75) is 19.0 Å². The molecule has 176 valence electrons. The van der Waals surface area contributed by atoms with E-state index in [2.05, 4.69) is 33.3 Å². The number of benzene rings is 3. The van der Waals surface area contributed by atoms with E-state index in [1.807, 2.05) is 42.5 Å². The van der Waals surface area contributed by atoms with E-state index in [9.17, 15) is 14.4 Å². The van der Waals surface area contributed by atoms with Gasteiger partial charge in [0.1, 0.15) is 0 Å². The fourth-order valence-corrected chi connectivity index (χ4v) is 5.81. The summed E-state index contributed by atoms with van der Waals surface area (Å²) in [5.74, 6) is -0.964. The molecule has 0 aliphatic carbocycles. The van der Waals surface area contributed by atoms with Gasteiger partial charge >= 0.3 is 6.03 Å². The molecule has 2 atom stereocenters. The van der Waals surface area contributed by atoms with E-state index in [0.717, 1.165) is 29.2 Å². The molecule has 3 aromatic rings. The van der Waals surface area contributed by atoms with Crippen molar-refractivity contribution in [1.82, 2.24) is 10.2 Å². The number of carbonyl (C=O) groups excluding carboxylic acids is 3. The SMILES string of the molecule is O=C1NC(=O)[C@]2(Cc3ccccc3N3CCN(Cc4ccccc4)C[C@H]32)C(=O)N1c1ccccc1. The molecule has 0 bridgehead atoms. The third-order valence-electron chi connectivity index (χ3n) is 7.48. The van der Waals surface area contributed by atoms with Gasteiger partial charge in [-0.1, -0.05) is 66.7 Å². The molecule has 1 spiro atoms. The molecule has 35 heavy (non-hydrogen) atoms. The molecule has 3 aliphatic rings. The molecule has 6 rings (SSSR count). The Morgan fingerprint density at radius 1 is 0.829 bits per heavy atom. The second-order valence-electron chi connectivity index (χ2n) is 9.44. The van der Waals surface area contributed by atoms with Crippen molar-refractivity contribution in [3.8, 4) is 0 Å². The zero-order valence-corrected chi connectivity index (χ0v) is 19.3. The normalized spacial score (nSPS) is 24.2. The topological polar surface area (TPSA) is 73.0 Å². The average Bonchev–Trinajstić information content (AvgIpc) is 2.88. The van der Waals surface area contributed by atoms with Crippen LogP contribution in [0.2, 0.25) is 0 Å². The van der Waals surface area contributed by atoms with Crippen molar-refractivity contribution in [1.29, 1.82) is 0 Å². The van der Waals surface area contributed by atoms with Crippen LogP contribution < -0.4 is 15.1 Å². The summed E-state index contributed by atoms with van der Waals surface area (Å²) in [5.41, 5.74) is 2.25. The molecule has 3 heterocycles. The molecule has 0 aromatic heterocycles. The first-order valence-electron chi connectivity index (χ1n) is 11.9. The van der Waals surface area contributed by atoms with Crippen molar-refractivity contribution in [2.75, 3.05) is 29.4 Å². The van der Waals surface area contributed by atoms with Gasteiger partial charge in [0.15, 0.2) is 5.41 Å². The molecular formula is C28H26N4O3. The average molecular weight is 467 g/mol. The van der Waals surface area contributed by atoms with E-state index in [-0.39, 0.29) is 6.42 Å². The smallest absolute Gasteiger partial charge is 0.335 e. The number of hydrogen-bond donors (Lipinski definition) is 1. The van der Waals surface area contributed by atoms with E-state index >= 15 is 0 Å². The molecular weight excluding hydrogens is 440 g/mol. The number of anilines is 2. The van der Waals surface area contributed by atoms with Crippen LogP contribution in [0, 0.1) is 5.41 Å². The summed E-state index contributed by atoms with van der Waals surface area (Å²) in [6.45, 7) is 2.78. The van der Waals surface area contributed by atoms with Crippen LogP contribution in [0.5, 0.6) is 0 Å². The van der Waals surface area contributed by atoms with Gasteiger partial charge < -0.3 is 4.90 Å². The van der Waals surface area contributed by atoms with Gasteiger partial charge in [-0.25, -0.2) is 9.69 Å². The fraction of sp³-hybridized carbons (Fsp3) is 0.250. The molecule has 2 fully saturated rings. The lowest BCUT2D eigenvalue weighted by atomic mass is 9.67. The molecule has 7 heteroatoms. The Labute approximate surface area is 203 Å². The van der Waals surface area contributed by atoms with Crippen molar-refractivity contribution in [2.24, 2.45) is 5.41 Å². The number of para-hydroxylation sites is 2. The third-order valence-corrected chi connectivity index (χ3v) is 7.48. The van der Waals surface area contributed by atoms with Gasteiger partial charge in [0.2, 0.25) is 5.91 Å².